The zero-order valence-corrected chi connectivity index (χ0v) is 19.6. The summed E-state index contributed by atoms with van der Waals surface area (Å²) in [6.07, 6.45) is 6.42. The number of rotatable bonds is 6. The van der Waals surface area contributed by atoms with Gasteiger partial charge in [0, 0.05) is 69.7 Å². The molecule has 2 saturated heterocycles. The van der Waals surface area contributed by atoms with Gasteiger partial charge in [-0.15, -0.1) is 0 Å². The van der Waals surface area contributed by atoms with E-state index in [9.17, 15) is 0 Å². The molecule has 2 aliphatic heterocycles. The normalized spacial score (nSPS) is 24.5. The van der Waals surface area contributed by atoms with Gasteiger partial charge in [-0.1, -0.05) is 11.6 Å². The molecule has 2 aromatic rings. The third kappa shape index (κ3) is 5.03. The molecule has 4 heterocycles. The zero-order chi connectivity index (χ0) is 22.1. The van der Waals surface area contributed by atoms with E-state index in [1.807, 2.05) is 24.5 Å². The summed E-state index contributed by atoms with van der Waals surface area (Å²) in [5.41, 5.74) is 8.28. The molecule has 3 N–H and O–H groups in total. The van der Waals surface area contributed by atoms with Crippen LogP contribution in [0.1, 0.15) is 26.7 Å². The van der Waals surface area contributed by atoms with Crippen molar-refractivity contribution in [1.29, 1.82) is 0 Å². The zero-order valence-electron chi connectivity index (χ0n) is 18.9. The molecule has 0 amide bonds. The molecule has 0 radical (unpaired) electrons. The number of hydrogen-bond donors (Lipinski definition) is 3. The lowest BCUT2D eigenvalue weighted by Gasteiger charge is -2.37. The fraction of sp³-hybridized carbons (Fsp3) is 0.565. The maximum Gasteiger partial charge on any atom is 0.147 e. The minimum absolute atomic E-state index is 0.411. The topological polar surface area (TPSA) is 71.6 Å². The van der Waals surface area contributed by atoms with Gasteiger partial charge in [0.15, 0.2) is 0 Å². The first kappa shape index (κ1) is 21.6. The summed E-state index contributed by atoms with van der Waals surface area (Å²) >= 11 is 6.59. The summed E-state index contributed by atoms with van der Waals surface area (Å²) in [7, 11) is 0. The Morgan fingerprint density at radius 2 is 1.66 bits per heavy atom. The third-order valence-electron chi connectivity index (χ3n) is 6.48. The lowest BCUT2D eigenvalue weighted by atomic mass is 10.1. The van der Waals surface area contributed by atoms with Crippen molar-refractivity contribution in [3.05, 3.63) is 35.6 Å². The van der Waals surface area contributed by atoms with Crippen LogP contribution < -0.4 is 26.0 Å². The third-order valence-corrected chi connectivity index (χ3v) is 6.76. The van der Waals surface area contributed by atoms with Gasteiger partial charge in [-0.2, -0.15) is 0 Å². The number of piperazine rings is 2. The Balaban J connectivity index is 1.18. The predicted molar refractivity (Wildman–Crippen MR) is 132 cm³/mol. The Morgan fingerprint density at radius 3 is 2.34 bits per heavy atom. The summed E-state index contributed by atoms with van der Waals surface area (Å²) in [5.74, 6) is 1.86. The highest BCUT2D eigenvalue weighted by molar-refractivity contribution is 6.33. The van der Waals surface area contributed by atoms with Gasteiger partial charge in [-0.3, -0.25) is 10.3 Å². The van der Waals surface area contributed by atoms with E-state index in [4.69, 9.17) is 11.6 Å². The molecule has 3 fully saturated rings. The standard InChI is InChI=1S/C23H33ClN8/c1-16-14-32(15-17(2)27-16)23-21(24)11-19(13-26-23)29-28-18-5-6-25-22(12-18)31-9-7-30(8-10-31)20-3-4-20/h5-6,11-13,16-17,20,27,29H,3-4,7-10,14-15H2,1-2H3,(H,25,28). The van der Waals surface area contributed by atoms with Crippen molar-refractivity contribution in [3.63, 3.8) is 0 Å². The predicted octanol–water partition coefficient (Wildman–Crippen LogP) is 3.04. The number of hydrogen-bond acceptors (Lipinski definition) is 8. The van der Waals surface area contributed by atoms with E-state index in [0.29, 0.717) is 17.1 Å². The highest BCUT2D eigenvalue weighted by Gasteiger charge is 2.31. The van der Waals surface area contributed by atoms with Crippen LogP contribution in [0.15, 0.2) is 30.6 Å². The van der Waals surface area contributed by atoms with Gasteiger partial charge in [0.2, 0.25) is 0 Å². The monoisotopic (exact) mass is 456 g/mol. The van der Waals surface area contributed by atoms with Crippen LogP contribution in [0.5, 0.6) is 0 Å². The van der Waals surface area contributed by atoms with Gasteiger partial charge < -0.3 is 20.5 Å². The second kappa shape index (κ2) is 9.29. The van der Waals surface area contributed by atoms with Crippen molar-refractivity contribution in [2.75, 3.05) is 59.9 Å². The fourth-order valence-electron chi connectivity index (χ4n) is 4.80. The van der Waals surface area contributed by atoms with E-state index in [1.165, 1.54) is 12.8 Å². The summed E-state index contributed by atoms with van der Waals surface area (Å²) in [4.78, 5) is 16.5. The molecule has 2 atom stereocenters. The lowest BCUT2D eigenvalue weighted by molar-refractivity contribution is 0.247. The van der Waals surface area contributed by atoms with Crippen LogP contribution in [0.3, 0.4) is 0 Å². The van der Waals surface area contributed by atoms with Gasteiger partial charge in [-0.05, 0) is 38.8 Å². The molecule has 3 aliphatic rings. The highest BCUT2D eigenvalue weighted by atomic mass is 35.5. The molecule has 0 bridgehead atoms. The smallest absolute Gasteiger partial charge is 0.147 e. The number of anilines is 4. The molecular weight excluding hydrogens is 424 g/mol. The molecule has 5 rings (SSSR count). The molecule has 2 aromatic heterocycles. The molecule has 8 nitrogen and oxygen atoms in total. The second-order valence-electron chi connectivity index (χ2n) is 9.31. The maximum atomic E-state index is 6.59. The van der Waals surface area contributed by atoms with Crippen LogP contribution in [0, 0.1) is 0 Å². The molecule has 2 unspecified atom stereocenters. The number of nitrogens with zero attached hydrogens (tertiary/aromatic N) is 5. The first-order valence-corrected chi connectivity index (χ1v) is 12.1. The van der Waals surface area contributed by atoms with Gasteiger partial charge in [0.05, 0.1) is 22.6 Å². The Labute approximate surface area is 195 Å². The van der Waals surface area contributed by atoms with E-state index in [2.05, 4.69) is 60.7 Å². The van der Waals surface area contributed by atoms with E-state index in [-0.39, 0.29) is 0 Å². The number of pyridine rings is 2. The van der Waals surface area contributed by atoms with Crippen molar-refractivity contribution in [3.8, 4) is 0 Å². The summed E-state index contributed by atoms with van der Waals surface area (Å²) in [5, 5.41) is 4.20. The Hall–Kier alpha value is -2.29. The van der Waals surface area contributed by atoms with Crippen LogP contribution in [0.4, 0.5) is 23.0 Å². The van der Waals surface area contributed by atoms with Crippen LogP contribution in [0.25, 0.3) is 0 Å². The van der Waals surface area contributed by atoms with E-state index >= 15 is 0 Å². The van der Waals surface area contributed by atoms with Crippen molar-refractivity contribution < 1.29 is 0 Å². The van der Waals surface area contributed by atoms with Crippen molar-refractivity contribution in [1.82, 2.24) is 20.2 Å². The Kier molecular flexibility index (Phi) is 6.26. The molecule has 9 heteroatoms. The quantitative estimate of drug-likeness (QED) is 0.573. The molecule has 172 valence electrons. The van der Waals surface area contributed by atoms with Crippen molar-refractivity contribution in [2.24, 2.45) is 0 Å². The minimum Gasteiger partial charge on any atom is -0.354 e. The van der Waals surface area contributed by atoms with Gasteiger partial charge in [-0.25, -0.2) is 9.97 Å². The Bertz CT molecular complexity index is 918. The minimum atomic E-state index is 0.411. The van der Waals surface area contributed by atoms with Gasteiger partial charge in [0.25, 0.3) is 0 Å². The maximum absolute atomic E-state index is 6.59. The first-order valence-electron chi connectivity index (χ1n) is 11.7. The van der Waals surface area contributed by atoms with E-state index < -0.39 is 0 Å². The number of halogens is 1. The largest absolute Gasteiger partial charge is 0.354 e. The Morgan fingerprint density at radius 1 is 0.938 bits per heavy atom. The summed E-state index contributed by atoms with van der Waals surface area (Å²) in [6, 6.07) is 7.64. The summed E-state index contributed by atoms with van der Waals surface area (Å²) < 4.78 is 0. The van der Waals surface area contributed by atoms with Crippen LogP contribution in [-0.4, -0.2) is 72.3 Å². The molecular formula is C23H33ClN8. The molecule has 0 spiro atoms. The fourth-order valence-corrected chi connectivity index (χ4v) is 5.09. The molecule has 1 saturated carbocycles. The van der Waals surface area contributed by atoms with E-state index in [1.54, 1.807) is 0 Å². The molecule has 0 aromatic carbocycles. The summed E-state index contributed by atoms with van der Waals surface area (Å²) in [6.45, 7) is 10.5. The lowest BCUT2D eigenvalue weighted by Crippen LogP contribution is -2.54. The highest BCUT2D eigenvalue weighted by Crippen LogP contribution is 2.29. The van der Waals surface area contributed by atoms with Gasteiger partial charge >= 0.3 is 0 Å². The second-order valence-corrected chi connectivity index (χ2v) is 9.72. The van der Waals surface area contributed by atoms with Crippen LogP contribution in [-0.2, 0) is 0 Å². The SMILES string of the molecule is CC1CN(c2ncc(NNc3ccnc(N4CCN(C5CC5)CC4)c3)cc2Cl)CC(C)N1. The average molecular weight is 457 g/mol. The first-order chi connectivity index (χ1) is 15.5. The van der Waals surface area contributed by atoms with E-state index in [0.717, 1.165) is 68.3 Å². The van der Waals surface area contributed by atoms with Crippen molar-refractivity contribution >= 4 is 34.6 Å². The van der Waals surface area contributed by atoms with Gasteiger partial charge in [0.1, 0.15) is 11.6 Å². The van der Waals surface area contributed by atoms with Crippen LogP contribution in [0.2, 0.25) is 5.02 Å². The number of nitrogens with one attached hydrogen (secondary N) is 3. The molecule has 32 heavy (non-hydrogen) atoms. The van der Waals surface area contributed by atoms with Crippen molar-refractivity contribution in [2.45, 2.75) is 44.8 Å². The molecule has 1 aliphatic carbocycles. The average Bonchev–Trinajstić information content (AvgIpc) is 3.63. The van der Waals surface area contributed by atoms with Crippen LogP contribution >= 0.6 is 11.6 Å². The number of aromatic nitrogens is 2. The number of hydrazine groups is 1.